The lowest BCUT2D eigenvalue weighted by Gasteiger charge is -2.16. The average molecular weight is 375 g/mol. The maximum absolute atomic E-state index is 12.1. The number of hydrogen-bond donors (Lipinski definition) is 2. The van der Waals surface area contributed by atoms with E-state index in [4.69, 9.17) is 5.14 Å². The van der Waals surface area contributed by atoms with Gasteiger partial charge in [0.2, 0.25) is 10.0 Å². The molecule has 1 amide bonds. The van der Waals surface area contributed by atoms with Crippen molar-refractivity contribution in [3.8, 4) is 0 Å². The molecule has 0 bridgehead atoms. The van der Waals surface area contributed by atoms with Crippen LogP contribution >= 0.6 is 15.9 Å². The lowest BCUT2D eigenvalue weighted by molar-refractivity contribution is 0.0944. The summed E-state index contributed by atoms with van der Waals surface area (Å²) in [6, 6.07) is 4.39. The predicted octanol–water partition coefficient (Wildman–Crippen LogP) is 2.26. The Balaban J connectivity index is 2.09. The van der Waals surface area contributed by atoms with Gasteiger partial charge in [0.05, 0.1) is 4.90 Å². The first-order chi connectivity index (χ1) is 9.79. The first kappa shape index (κ1) is 16.5. The summed E-state index contributed by atoms with van der Waals surface area (Å²) in [6.07, 6.45) is 3.54. The molecule has 1 aliphatic rings. The van der Waals surface area contributed by atoms with Crippen LogP contribution in [0.1, 0.15) is 36.5 Å². The van der Waals surface area contributed by atoms with Gasteiger partial charge in [-0.25, -0.2) is 13.6 Å². The van der Waals surface area contributed by atoms with E-state index in [1.54, 1.807) is 6.07 Å². The van der Waals surface area contributed by atoms with Gasteiger partial charge in [-0.15, -0.1) is 0 Å². The van der Waals surface area contributed by atoms with Crippen LogP contribution in [0.15, 0.2) is 27.6 Å². The number of halogens is 1. The molecule has 1 aromatic carbocycles. The van der Waals surface area contributed by atoms with Gasteiger partial charge in [-0.3, -0.25) is 4.79 Å². The fraction of sp³-hybridized carbons (Fsp3) is 0.500. The molecule has 7 heteroatoms. The van der Waals surface area contributed by atoms with Crippen molar-refractivity contribution in [2.24, 2.45) is 17.0 Å². The molecule has 2 unspecified atom stereocenters. The Morgan fingerprint density at radius 1 is 1.43 bits per heavy atom. The van der Waals surface area contributed by atoms with Crippen LogP contribution in [0.4, 0.5) is 0 Å². The van der Waals surface area contributed by atoms with Gasteiger partial charge in [0.25, 0.3) is 5.91 Å². The Labute approximate surface area is 133 Å². The van der Waals surface area contributed by atoms with E-state index in [1.165, 1.54) is 25.0 Å². The van der Waals surface area contributed by atoms with Crippen LogP contribution in [0.25, 0.3) is 0 Å². The van der Waals surface area contributed by atoms with Crippen molar-refractivity contribution in [3.05, 3.63) is 28.2 Å². The minimum atomic E-state index is -3.86. The molecule has 0 aromatic heterocycles. The second-order valence-electron chi connectivity index (χ2n) is 5.57. The second-order valence-corrected chi connectivity index (χ2v) is 7.95. The van der Waals surface area contributed by atoms with Gasteiger partial charge in [0.1, 0.15) is 0 Å². The van der Waals surface area contributed by atoms with Crippen LogP contribution in [0.3, 0.4) is 0 Å². The Kier molecular flexibility index (Phi) is 5.06. The maximum atomic E-state index is 12.1. The van der Waals surface area contributed by atoms with Crippen molar-refractivity contribution in [3.63, 3.8) is 0 Å². The fourth-order valence-electron chi connectivity index (χ4n) is 2.71. The van der Waals surface area contributed by atoms with E-state index in [1.807, 2.05) is 0 Å². The van der Waals surface area contributed by atoms with Gasteiger partial charge >= 0.3 is 0 Å². The van der Waals surface area contributed by atoms with E-state index in [9.17, 15) is 13.2 Å². The zero-order valence-corrected chi connectivity index (χ0v) is 14.2. The Morgan fingerprint density at radius 3 is 2.71 bits per heavy atom. The lowest BCUT2D eigenvalue weighted by atomic mass is 9.98. The quantitative estimate of drug-likeness (QED) is 0.846. The predicted molar refractivity (Wildman–Crippen MR) is 84.4 cm³/mol. The number of rotatable bonds is 4. The molecule has 0 heterocycles. The molecular formula is C14H19BrN2O3S. The number of nitrogens with two attached hydrogens (primary N) is 1. The molecule has 1 aromatic rings. The number of hydrogen-bond acceptors (Lipinski definition) is 3. The Morgan fingerprint density at radius 2 is 2.14 bits per heavy atom. The summed E-state index contributed by atoms with van der Waals surface area (Å²) in [7, 11) is -3.86. The van der Waals surface area contributed by atoms with Crippen LogP contribution in [-0.4, -0.2) is 20.9 Å². The zero-order valence-electron chi connectivity index (χ0n) is 11.8. The molecule has 2 rings (SSSR count). The highest BCUT2D eigenvalue weighted by Crippen LogP contribution is 2.30. The van der Waals surface area contributed by atoms with Crippen molar-refractivity contribution in [2.45, 2.75) is 31.1 Å². The van der Waals surface area contributed by atoms with Gasteiger partial charge < -0.3 is 5.32 Å². The molecule has 0 spiro atoms. The topological polar surface area (TPSA) is 89.3 Å². The minimum Gasteiger partial charge on any atom is -0.352 e. The van der Waals surface area contributed by atoms with Crippen LogP contribution in [-0.2, 0) is 10.0 Å². The van der Waals surface area contributed by atoms with Gasteiger partial charge in [-0.05, 0) is 52.4 Å². The third-order valence-corrected chi connectivity index (χ3v) is 5.97. The third-order valence-electron chi connectivity index (χ3n) is 4.06. The molecule has 2 atom stereocenters. The molecule has 21 heavy (non-hydrogen) atoms. The van der Waals surface area contributed by atoms with Crippen molar-refractivity contribution < 1.29 is 13.2 Å². The van der Waals surface area contributed by atoms with Gasteiger partial charge in [-0.1, -0.05) is 19.8 Å². The van der Waals surface area contributed by atoms with Crippen molar-refractivity contribution in [2.75, 3.05) is 6.54 Å². The average Bonchev–Trinajstić information content (AvgIpc) is 2.80. The summed E-state index contributed by atoms with van der Waals surface area (Å²) in [5.74, 6) is 0.851. The Bertz CT molecular complexity index is 646. The zero-order chi connectivity index (χ0) is 15.6. The van der Waals surface area contributed by atoms with Crippen LogP contribution in [0, 0.1) is 11.8 Å². The van der Waals surface area contributed by atoms with Crippen LogP contribution in [0.2, 0.25) is 0 Å². The highest BCUT2D eigenvalue weighted by atomic mass is 79.9. The molecule has 0 saturated heterocycles. The summed E-state index contributed by atoms with van der Waals surface area (Å²) in [6.45, 7) is 2.82. The number of sulfonamides is 1. The van der Waals surface area contributed by atoms with Crippen LogP contribution in [0.5, 0.6) is 0 Å². The van der Waals surface area contributed by atoms with Crippen molar-refractivity contribution in [1.82, 2.24) is 5.32 Å². The molecule has 1 saturated carbocycles. The summed E-state index contributed by atoms with van der Waals surface area (Å²) >= 11 is 3.13. The first-order valence-electron chi connectivity index (χ1n) is 6.89. The number of benzene rings is 1. The van der Waals surface area contributed by atoms with E-state index in [2.05, 4.69) is 28.2 Å². The second kappa shape index (κ2) is 6.46. The molecule has 3 N–H and O–H groups in total. The number of amides is 1. The first-order valence-corrected chi connectivity index (χ1v) is 9.23. The molecule has 0 radical (unpaired) electrons. The van der Waals surface area contributed by atoms with E-state index in [0.29, 0.717) is 28.4 Å². The number of carbonyl (C=O) groups excluding carboxylic acids is 1. The van der Waals surface area contributed by atoms with Gasteiger partial charge in [-0.2, -0.15) is 0 Å². The standard InChI is InChI=1S/C14H19BrN2O3S/c1-9-3-2-4-11(9)8-17-14(18)10-5-6-12(15)13(7-10)21(16,19)20/h5-7,9,11H,2-4,8H2,1H3,(H,17,18)(H2,16,19,20). The van der Waals surface area contributed by atoms with E-state index < -0.39 is 10.0 Å². The normalized spacial score (nSPS) is 22.2. The van der Waals surface area contributed by atoms with Crippen LogP contribution < -0.4 is 10.5 Å². The summed E-state index contributed by atoms with van der Waals surface area (Å²) < 4.78 is 23.3. The monoisotopic (exact) mass is 374 g/mol. The third kappa shape index (κ3) is 4.05. The maximum Gasteiger partial charge on any atom is 0.251 e. The molecule has 1 aliphatic carbocycles. The van der Waals surface area contributed by atoms with E-state index in [0.717, 1.165) is 6.42 Å². The Hall–Kier alpha value is -0.920. The van der Waals surface area contributed by atoms with E-state index >= 15 is 0 Å². The fourth-order valence-corrected chi connectivity index (χ4v) is 4.27. The SMILES string of the molecule is CC1CCCC1CNC(=O)c1ccc(Br)c(S(N)(=O)=O)c1. The number of primary sulfonamides is 1. The van der Waals surface area contributed by atoms with Gasteiger partial charge in [0, 0.05) is 16.6 Å². The van der Waals surface area contributed by atoms with Crippen molar-refractivity contribution in [1.29, 1.82) is 0 Å². The van der Waals surface area contributed by atoms with E-state index in [-0.39, 0.29) is 10.8 Å². The number of nitrogens with one attached hydrogen (secondary N) is 1. The smallest absolute Gasteiger partial charge is 0.251 e. The minimum absolute atomic E-state index is 0.0793. The largest absolute Gasteiger partial charge is 0.352 e. The highest BCUT2D eigenvalue weighted by Gasteiger charge is 2.24. The summed E-state index contributed by atoms with van der Waals surface area (Å²) in [4.78, 5) is 12.1. The van der Waals surface area contributed by atoms with Crippen molar-refractivity contribution >= 4 is 31.9 Å². The molecule has 0 aliphatic heterocycles. The van der Waals surface area contributed by atoms with Gasteiger partial charge in [0.15, 0.2) is 0 Å². The number of carbonyl (C=O) groups is 1. The molecule has 5 nitrogen and oxygen atoms in total. The highest BCUT2D eigenvalue weighted by molar-refractivity contribution is 9.10. The summed E-state index contributed by atoms with van der Waals surface area (Å²) in [5, 5.41) is 8.01. The molecular weight excluding hydrogens is 356 g/mol. The lowest BCUT2D eigenvalue weighted by Crippen LogP contribution is -2.30. The molecule has 1 fully saturated rings. The summed E-state index contributed by atoms with van der Waals surface area (Å²) in [5.41, 5.74) is 0.299. The molecule has 116 valence electrons.